The lowest BCUT2D eigenvalue weighted by atomic mass is 10.1. The molecule has 2 aromatic rings. The average molecular weight is 253 g/mol. The monoisotopic (exact) mass is 253 g/mol. The molecule has 0 saturated heterocycles. The van der Waals surface area contributed by atoms with Gasteiger partial charge in [-0.05, 0) is 31.4 Å². The molecule has 1 aliphatic carbocycles. The minimum atomic E-state index is 0.718. The van der Waals surface area contributed by atoms with Crippen molar-refractivity contribution in [1.29, 1.82) is 0 Å². The van der Waals surface area contributed by atoms with Crippen LogP contribution in [-0.4, -0.2) is 16.0 Å². The molecule has 0 aliphatic heterocycles. The Morgan fingerprint density at radius 3 is 2.68 bits per heavy atom. The van der Waals surface area contributed by atoms with Gasteiger partial charge in [0.05, 0.1) is 5.69 Å². The Hall–Kier alpha value is -1.74. The van der Waals surface area contributed by atoms with Crippen LogP contribution in [0.1, 0.15) is 35.5 Å². The maximum Gasteiger partial charge on any atom is 0.132 e. The minimum Gasteiger partial charge on any atom is -0.308 e. The Labute approximate surface area is 114 Å². The number of nitrogens with one attached hydrogen (secondary N) is 1. The predicted molar refractivity (Wildman–Crippen MR) is 75.9 cm³/mol. The fraction of sp³-hybridized carbons (Fsp3) is 0.375. The zero-order chi connectivity index (χ0) is 13.1. The molecule has 0 amide bonds. The Balaban J connectivity index is 1.66. The lowest BCUT2D eigenvalue weighted by molar-refractivity contribution is 0.668. The zero-order valence-corrected chi connectivity index (χ0v) is 11.3. The van der Waals surface area contributed by atoms with Crippen LogP contribution in [0.3, 0.4) is 0 Å². The summed E-state index contributed by atoms with van der Waals surface area (Å²) in [6.07, 6.45) is 5.28. The highest BCUT2D eigenvalue weighted by atomic mass is 15.0. The molecule has 1 fully saturated rings. The number of nitrogens with zero attached hydrogens (tertiary/aromatic N) is 2. The van der Waals surface area contributed by atoms with E-state index < -0.39 is 0 Å². The van der Waals surface area contributed by atoms with Gasteiger partial charge in [0.25, 0.3) is 0 Å². The van der Waals surface area contributed by atoms with E-state index in [0.29, 0.717) is 0 Å². The van der Waals surface area contributed by atoms with E-state index in [4.69, 9.17) is 0 Å². The molecule has 1 aliphatic rings. The van der Waals surface area contributed by atoms with Gasteiger partial charge in [0.1, 0.15) is 5.82 Å². The van der Waals surface area contributed by atoms with Gasteiger partial charge in [-0.2, -0.15) is 0 Å². The van der Waals surface area contributed by atoms with Crippen molar-refractivity contribution in [3.63, 3.8) is 0 Å². The number of hydrogen-bond donors (Lipinski definition) is 1. The van der Waals surface area contributed by atoms with E-state index in [0.717, 1.165) is 30.5 Å². The van der Waals surface area contributed by atoms with E-state index in [2.05, 4.69) is 46.5 Å². The lowest BCUT2D eigenvalue weighted by Crippen LogP contribution is -2.16. The summed E-state index contributed by atoms with van der Waals surface area (Å²) in [5.41, 5.74) is 3.63. The third-order valence-corrected chi connectivity index (χ3v) is 3.40. The molecular formula is C16H19N3. The predicted octanol–water partition coefficient (Wildman–Crippen LogP) is 2.63. The normalized spacial score (nSPS) is 14.6. The smallest absolute Gasteiger partial charge is 0.132 e. The van der Waals surface area contributed by atoms with Gasteiger partial charge in [0, 0.05) is 25.2 Å². The first-order chi connectivity index (χ1) is 9.29. The zero-order valence-electron chi connectivity index (χ0n) is 11.3. The van der Waals surface area contributed by atoms with Crippen LogP contribution in [0.2, 0.25) is 0 Å². The van der Waals surface area contributed by atoms with Crippen LogP contribution in [0.25, 0.3) is 0 Å². The molecule has 0 spiro atoms. The van der Waals surface area contributed by atoms with Gasteiger partial charge >= 0.3 is 0 Å². The first-order valence-corrected chi connectivity index (χ1v) is 6.89. The van der Waals surface area contributed by atoms with Crippen molar-refractivity contribution in [2.24, 2.45) is 0 Å². The van der Waals surface area contributed by atoms with Crippen molar-refractivity contribution in [3.8, 4) is 0 Å². The molecule has 1 saturated carbocycles. The summed E-state index contributed by atoms with van der Waals surface area (Å²) in [6.45, 7) is 2.96. The molecule has 19 heavy (non-hydrogen) atoms. The number of rotatable bonds is 5. The summed E-state index contributed by atoms with van der Waals surface area (Å²) in [5.74, 6) is 0.902. The van der Waals surface area contributed by atoms with E-state index in [-0.39, 0.29) is 0 Å². The molecule has 1 aromatic carbocycles. The molecule has 0 atom stereocenters. The largest absolute Gasteiger partial charge is 0.308 e. The molecule has 0 unspecified atom stereocenters. The van der Waals surface area contributed by atoms with E-state index in [9.17, 15) is 0 Å². The van der Waals surface area contributed by atoms with Gasteiger partial charge in [-0.15, -0.1) is 0 Å². The highest BCUT2D eigenvalue weighted by Crippen LogP contribution is 2.19. The van der Waals surface area contributed by atoms with Gasteiger partial charge in [-0.3, -0.25) is 0 Å². The fourth-order valence-electron chi connectivity index (χ4n) is 2.05. The first-order valence-electron chi connectivity index (χ1n) is 6.89. The molecule has 3 heteroatoms. The van der Waals surface area contributed by atoms with Crippen LogP contribution in [0, 0.1) is 6.92 Å². The second kappa shape index (κ2) is 5.49. The Morgan fingerprint density at radius 2 is 1.95 bits per heavy atom. The van der Waals surface area contributed by atoms with Gasteiger partial charge in [0.15, 0.2) is 0 Å². The molecule has 3 nitrogen and oxygen atoms in total. The molecule has 0 radical (unpaired) electrons. The molecule has 1 aromatic heterocycles. The second-order valence-corrected chi connectivity index (χ2v) is 5.28. The van der Waals surface area contributed by atoms with Crippen LogP contribution in [0.4, 0.5) is 0 Å². The Morgan fingerprint density at radius 1 is 1.16 bits per heavy atom. The Kier molecular flexibility index (Phi) is 3.56. The standard InChI is InChI=1S/C16H19N3/c1-12-2-4-13(5-3-12)10-16-17-9-8-15(19-16)11-18-14-6-7-14/h2-5,8-9,14,18H,6-7,10-11H2,1H3. The SMILES string of the molecule is Cc1ccc(Cc2nccc(CNC3CC3)n2)cc1. The maximum absolute atomic E-state index is 4.62. The summed E-state index contributed by atoms with van der Waals surface area (Å²) in [6, 6.07) is 11.3. The second-order valence-electron chi connectivity index (χ2n) is 5.28. The van der Waals surface area contributed by atoms with Crippen molar-refractivity contribution in [1.82, 2.24) is 15.3 Å². The van der Waals surface area contributed by atoms with Crippen molar-refractivity contribution in [2.45, 2.75) is 38.8 Å². The van der Waals surface area contributed by atoms with E-state index in [1.54, 1.807) is 0 Å². The van der Waals surface area contributed by atoms with Crippen molar-refractivity contribution >= 4 is 0 Å². The van der Waals surface area contributed by atoms with E-state index >= 15 is 0 Å². The number of aryl methyl sites for hydroxylation is 1. The summed E-state index contributed by atoms with van der Waals surface area (Å²) in [4.78, 5) is 8.98. The van der Waals surface area contributed by atoms with Crippen molar-refractivity contribution in [2.75, 3.05) is 0 Å². The summed E-state index contributed by atoms with van der Waals surface area (Å²) < 4.78 is 0. The van der Waals surface area contributed by atoms with Gasteiger partial charge in [-0.25, -0.2) is 9.97 Å². The molecule has 98 valence electrons. The third-order valence-electron chi connectivity index (χ3n) is 3.40. The highest BCUT2D eigenvalue weighted by Gasteiger charge is 2.20. The van der Waals surface area contributed by atoms with Crippen LogP contribution in [-0.2, 0) is 13.0 Å². The molecule has 0 bridgehead atoms. The fourth-order valence-corrected chi connectivity index (χ4v) is 2.05. The molecular weight excluding hydrogens is 234 g/mol. The van der Waals surface area contributed by atoms with Crippen LogP contribution in [0.15, 0.2) is 36.5 Å². The summed E-state index contributed by atoms with van der Waals surface area (Å²) >= 11 is 0. The van der Waals surface area contributed by atoms with Crippen LogP contribution < -0.4 is 5.32 Å². The topological polar surface area (TPSA) is 37.8 Å². The van der Waals surface area contributed by atoms with Crippen molar-refractivity contribution < 1.29 is 0 Å². The van der Waals surface area contributed by atoms with Crippen molar-refractivity contribution in [3.05, 3.63) is 59.2 Å². The minimum absolute atomic E-state index is 0.718. The molecule has 1 N–H and O–H groups in total. The van der Waals surface area contributed by atoms with Crippen LogP contribution in [0.5, 0.6) is 0 Å². The Bertz CT molecular complexity index is 544. The molecule has 1 heterocycles. The van der Waals surface area contributed by atoms with Gasteiger partial charge in [0.2, 0.25) is 0 Å². The van der Waals surface area contributed by atoms with Gasteiger partial charge in [-0.1, -0.05) is 29.8 Å². The van der Waals surface area contributed by atoms with Crippen LogP contribution >= 0.6 is 0 Å². The maximum atomic E-state index is 4.62. The van der Waals surface area contributed by atoms with E-state index in [1.165, 1.54) is 24.0 Å². The molecule has 3 rings (SSSR count). The third kappa shape index (κ3) is 3.61. The number of hydrogen-bond acceptors (Lipinski definition) is 3. The van der Waals surface area contributed by atoms with E-state index in [1.807, 2.05) is 12.3 Å². The quantitative estimate of drug-likeness (QED) is 0.890. The lowest BCUT2D eigenvalue weighted by Gasteiger charge is -2.05. The first kappa shape index (κ1) is 12.3. The highest BCUT2D eigenvalue weighted by molar-refractivity contribution is 5.24. The summed E-state index contributed by atoms with van der Waals surface area (Å²) in [5, 5.41) is 3.48. The summed E-state index contributed by atoms with van der Waals surface area (Å²) in [7, 11) is 0. The number of benzene rings is 1. The average Bonchev–Trinajstić information content (AvgIpc) is 3.24. The number of aromatic nitrogens is 2. The van der Waals surface area contributed by atoms with Gasteiger partial charge < -0.3 is 5.32 Å².